The van der Waals surface area contributed by atoms with Crippen molar-refractivity contribution in [2.24, 2.45) is 5.84 Å². The molecule has 2 rings (SSSR count). The third-order valence-corrected chi connectivity index (χ3v) is 2.74. The molecule has 0 spiro atoms. The van der Waals surface area contributed by atoms with Crippen LogP contribution in [0.25, 0.3) is 0 Å². The molecule has 21 heavy (non-hydrogen) atoms. The third-order valence-electron chi connectivity index (χ3n) is 2.44. The average molecular weight is 312 g/mol. The normalized spacial score (nSPS) is 10.0. The van der Waals surface area contributed by atoms with Crippen LogP contribution in [-0.4, -0.2) is 22.0 Å². The molecular weight excluding hydrogens is 302 g/mol. The summed E-state index contributed by atoms with van der Waals surface area (Å²) >= 11 is 5.94. The molecule has 0 saturated heterocycles. The zero-order valence-electron chi connectivity index (χ0n) is 10.7. The van der Waals surface area contributed by atoms with Gasteiger partial charge in [-0.2, -0.15) is 4.98 Å². The molecule has 0 aliphatic rings. The van der Waals surface area contributed by atoms with Crippen LogP contribution in [0.5, 0.6) is 17.4 Å². The minimum Gasteiger partial charge on any atom is -0.489 e. The Morgan fingerprint density at radius 2 is 2.19 bits per heavy atom. The van der Waals surface area contributed by atoms with Crippen molar-refractivity contribution in [3.63, 3.8) is 0 Å². The first-order chi connectivity index (χ1) is 10.1. The lowest BCUT2D eigenvalue weighted by Crippen LogP contribution is -2.11. The van der Waals surface area contributed by atoms with Crippen LogP contribution >= 0.6 is 11.6 Å². The van der Waals surface area contributed by atoms with E-state index in [9.17, 15) is 10.1 Å². The Kier molecular flexibility index (Phi) is 4.36. The smallest absolute Gasteiger partial charge is 0.271 e. The van der Waals surface area contributed by atoms with Crippen LogP contribution in [0.1, 0.15) is 0 Å². The molecule has 1 aromatic carbocycles. The quantitative estimate of drug-likeness (QED) is 0.488. The Labute approximate surface area is 123 Å². The lowest BCUT2D eigenvalue weighted by Gasteiger charge is -2.12. The molecule has 0 aliphatic heterocycles. The second-order valence-corrected chi connectivity index (χ2v) is 4.09. The summed E-state index contributed by atoms with van der Waals surface area (Å²) in [5.41, 5.74) is 2.19. The maximum Gasteiger partial charge on any atom is 0.271 e. The highest BCUT2D eigenvalue weighted by Crippen LogP contribution is 2.37. The highest BCUT2D eigenvalue weighted by molar-refractivity contribution is 6.32. The van der Waals surface area contributed by atoms with Gasteiger partial charge in [0.25, 0.3) is 11.6 Å². The second kappa shape index (κ2) is 6.20. The van der Waals surface area contributed by atoms with E-state index < -0.39 is 4.92 Å². The van der Waals surface area contributed by atoms with Crippen LogP contribution in [-0.2, 0) is 0 Å². The van der Waals surface area contributed by atoms with E-state index >= 15 is 0 Å². The van der Waals surface area contributed by atoms with E-state index in [-0.39, 0.29) is 33.9 Å². The van der Waals surface area contributed by atoms with Crippen molar-refractivity contribution in [3.8, 4) is 17.4 Å². The van der Waals surface area contributed by atoms with E-state index in [0.29, 0.717) is 0 Å². The van der Waals surface area contributed by atoms with Crippen molar-refractivity contribution >= 4 is 23.1 Å². The van der Waals surface area contributed by atoms with Gasteiger partial charge >= 0.3 is 0 Å². The van der Waals surface area contributed by atoms with E-state index in [2.05, 4.69) is 15.4 Å². The number of hydrogen-bond acceptors (Lipinski definition) is 8. The number of nitro groups is 1. The van der Waals surface area contributed by atoms with Gasteiger partial charge in [0, 0.05) is 12.1 Å². The molecule has 1 aromatic heterocycles. The van der Waals surface area contributed by atoms with Crippen LogP contribution in [0.3, 0.4) is 0 Å². The Bertz CT molecular complexity index is 682. The van der Waals surface area contributed by atoms with Crippen molar-refractivity contribution in [1.82, 2.24) is 9.97 Å². The SMILES string of the molecule is COc1c(NN)ncnc1Oc1ccc([N+](=O)[O-])cc1Cl. The molecule has 0 unspecified atom stereocenters. The first kappa shape index (κ1) is 14.8. The molecule has 0 atom stereocenters. The average Bonchev–Trinajstić information content (AvgIpc) is 2.48. The number of rotatable bonds is 5. The number of nitrogen functional groups attached to an aromatic ring is 1. The Hall–Kier alpha value is -2.65. The minimum absolute atomic E-state index is 0.0622. The molecule has 2 aromatic rings. The van der Waals surface area contributed by atoms with Gasteiger partial charge in [0.05, 0.1) is 17.1 Å². The number of nitrogens with zero attached hydrogens (tertiary/aromatic N) is 3. The van der Waals surface area contributed by atoms with E-state index in [1.807, 2.05) is 0 Å². The number of hydrogen-bond donors (Lipinski definition) is 2. The van der Waals surface area contributed by atoms with Gasteiger partial charge in [0.1, 0.15) is 12.1 Å². The monoisotopic (exact) mass is 311 g/mol. The van der Waals surface area contributed by atoms with Gasteiger partial charge in [-0.15, -0.1) is 0 Å². The predicted molar refractivity (Wildman–Crippen MR) is 74.6 cm³/mol. The first-order valence-electron chi connectivity index (χ1n) is 5.54. The standard InChI is InChI=1S/C11H10ClN5O4/c1-20-9-10(16-13)14-5-15-11(9)21-8-3-2-6(17(18)19)4-7(8)12/h2-5H,13H2,1H3,(H,14,15,16). The number of aromatic nitrogens is 2. The van der Waals surface area contributed by atoms with E-state index in [1.165, 1.54) is 31.6 Å². The summed E-state index contributed by atoms with van der Waals surface area (Å²) in [4.78, 5) is 17.9. The molecule has 0 fully saturated rings. The molecule has 0 saturated carbocycles. The number of halogens is 1. The summed E-state index contributed by atoms with van der Waals surface area (Å²) in [5.74, 6) is 5.94. The van der Waals surface area contributed by atoms with Crippen molar-refractivity contribution in [2.75, 3.05) is 12.5 Å². The maximum atomic E-state index is 10.7. The summed E-state index contributed by atoms with van der Waals surface area (Å²) in [7, 11) is 1.39. The van der Waals surface area contributed by atoms with E-state index in [0.717, 1.165) is 0 Å². The molecule has 1 heterocycles. The highest BCUT2D eigenvalue weighted by Gasteiger charge is 2.16. The molecule has 10 heteroatoms. The fraction of sp³-hybridized carbons (Fsp3) is 0.0909. The van der Waals surface area contributed by atoms with Crippen molar-refractivity contribution in [3.05, 3.63) is 39.7 Å². The molecule has 0 amide bonds. The molecule has 9 nitrogen and oxygen atoms in total. The molecule has 0 bridgehead atoms. The maximum absolute atomic E-state index is 10.7. The Morgan fingerprint density at radius 3 is 2.76 bits per heavy atom. The Morgan fingerprint density at radius 1 is 1.43 bits per heavy atom. The molecular formula is C11H10ClN5O4. The summed E-state index contributed by atoms with van der Waals surface area (Å²) in [6, 6.07) is 3.79. The fourth-order valence-electron chi connectivity index (χ4n) is 1.51. The number of nitrogens with two attached hydrogens (primary N) is 1. The van der Waals surface area contributed by atoms with Crippen molar-refractivity contribution in [2.45, 2.75) is 0 Å². The summed E-state index contributed by atoms with van der Waals surface area (Å²) in [6.07, 6.45) is 1.21. The number of nitro benzene ring substituents is 1. The fourth-order valence-corrected chi connectivity index (χ4v) is 1.72. The largest absolute Gasteiger partial charge is 0.489 e. The topological polar surface area (TPSA) is 125 Å². The number of nitrogens with one attached hydrogen (secondary N) is 1. The number of non-ortho nitro benzene ring substituents is 1. The first-order valence-corrected chi connectivity index (χ1v) is 5.92. The number of benzene rings is 1. The van der Waals surface area contributed by atoms with Crippen molar-refractivity contribution < 1.29 is 14.4 Å². The van der Waals surface area contributed by atoms with Gasteiger partial charge in [-0.25, -0.2) is 10.8 Å². The third kappa shape index (κ3) is 3.09. The lowest BCUT2D eigenvalue weighted by molar-refractivity contribution is -0.384. The lowest BCUT2D eigenvalue weighted by atomic mass is 10.3. The van der Waals surface area contributed by atoms with Gasteiger partial charge in [-0.05, 0) is 6.07 Å². The van der Waals surface area contributed by atoms with Gasteiger partial charge in [-0.3, -0.25) is 10.1 Å². The summed E-state index contributed by atoms with van der Waals surface area (Å²) in [5, 5.41) is 10.7. The number of methoxy groups -OCH3 is 1. The predicted octanol–water partition coefficient (Wildman–Crippen LogP) is 2.12. The van der Waals surface area contributed by atoms with Crippen LogP contribution in [0.15, 0.2) is 24.5 Å². The molecule has 0 aliphatic carbocycles. The summed E-state index contributed by atoms with van der Waals surface area (Å²) in [6.45, 7) is 0. The number of ether oxygens (including phenoxy) is 2. The van der Waals surface area contributed by atoms with E-state index in [4.69, 9.17) is 26.9 Å². The number of anilines is 1. The summed E-state index contributed by atoms with van der Waals surface area (Å²) < 4.78 is 10.6. The van der Waals surface area contributed by atoms with Crippen molar-refractivity contribution in [1.29, 1.82) is 0 Å². The van der Waals surface area contributed by atoms with Gasteiger partial charge in [0.2, 0.25) is 5.75 Å². The van der Waals surface area contributed by atoms with Gasteiger partial charge in [-0.1, -0.05) is 11.6 Å². The van der Waals surface area contributed by atoms with Crippen LogP contribution in [0, 0.1) is 10.1 Å². The Balaban J connectivity index is 2.36. The second-order valence-electron chi connectivity index (χ2n) is 3.68. The molecule has 0 radical (unpaired) electrons. The van der Waals surface area contributed by atoms with Crippen LogP contribution in [0.2, 0.25) is 5.02 Å². The number of hydrazine groups is 1. The van der Waals surface area contributed by atoms with Crippen LogP contribution in [0.4, 0.5) is 11.5 Å². The minimum atomic E-state index is -0.558. The van der Waals surface area contributed by atoms with Crippen LogP contribution < -0.4 is 20.7 Å². The highest BCUT2D eigenvalue weighted by atomic mass is 35.5. The van der Waals surface area contributed by atoms with Gasteiger partial charge < -0.3 is 14.9 Å². The van der Waals surface area contributed by atoms with Gasteiger partial charge in [0.15, 0.2) is 5.82 Å². The zero-order valence-corrected chi connectivity index (χ0v) is 11.5. The molecule has 110 valence electrons. The van der Waals surface area contributed by atoms with E-state index in [1.54, 1.807) is 0 Å². The molecule has 3 N–H and O–H groups in total. The zero-order chi connectivity index (χ0) is 15.4.